The van der Waals surface area contributed by atoms with Gasteiger partial charge in [0, 0.05) is 11.6 Å². The Morgan fingerprint density at radius 2 is 1.68 bits per heavy atom. The molecule has 0 saturated heterocycles. The molecule has 0 radical (unpaired) electrons. The highest BCUT2D eigenvalue weighted by Crippen LogP contribution is 2.33. The summed E-state index contributed by atoms with van der Waals surface area (Å²) in [4.78, 5) is 41.8. The number of hydrogen-bond donors (Lipinski definition) is 1. The van der Waals surface area contributed by atoms with Crippen LogP contribution in [0.15, 0.2) is 66.2 Å². The Morgan fingerprint density at radius 1 is 1.00 bits per heavy atom. The van der Waals surface area contributed by atoms with Gasteiger partial charge in [0.15, 0.2) is 11.6 Å². The number of ketones is 2. The molecule has 1 aliphatic rings. The van der Waals surface area contributed by atoms with Crippen molar-refractivity contribution in [1.29, 1.82) is 0 Å². The van der Waals surface area contributed by atoms with Crippen molar-refractivity contribution < 1.29 is 14.4 Å². The van der Waals surface area contributed by atoms with E-state index < -0.39 is 17.7 Å². The second-order valence-electron chi connectivity index (χ2n) is 5.76. The number of nitrogens with zero attached hydrogens (tertiary/aromatic N) is 2. The predicted octanol–water partition coefficient (Wildman–Crippen LogP) is 2.07. The van der Waals surface area contributed by atoms with Gasteiger partial charge in [-0.1, -0.05) is 42.5 Å². The lowest BCUT2D eigenvalue weighted by Gasteiger charge is -2.24. The fourth-order valence-corrected chi connectivity index (χ4v) is 3.13. The molecule has 0 aliphatic carbocycles. The topological polar surface area (TPSA) is 95.1 Å². The average molecular weight is 331 g/mol. The van der Waals surface area contributed by atoms with Crippen LogP contribution in [0.2, 0.25) is 0 Å². The summed E-state index contributed by atoms with van der Waals surface area (Å²) in [5, 5.41) is 0. The third-order valence-corrected chi connectivity index (χ3v) is 4.25. The normalized spacial score (nSPS) is 16.4. The Bertz CT molecular complexity index is 1060. The maximum atomic E-state index is 13.1. The van der Waals surface area contributed by atoms with E-state index in [0.717, 1.165) is 6.08 Å². The van der Waals surface area contributed by atoms with Crippen LogP contribution in [-0.2, 0) is 4.79 Å². The smallest absolute Gasteiger partial charge is 0.247 e. The number of primary amides is 1. The minimum Gasteiger partial charge on any atom is -0.366 e. The van der Waals surface area contributed by atoms with Gasteiger partial charge in [0.1, 0.15) is 6.04 Å². The number of carbonyl (C=O) groups is 3. The summed E-state index contributed by atoms with van der Waals surface area (Å²) in [6.07, 6.45) is 1.12. The molecular weight excluding hydrogens is 318 g/mol. The van der Waals surface area contributed by atoms with Crippen molar-refractivity contribution >= 4 is 28.5 Å². The molecule has 0 saturated carbocycles. The lowest BCUT2D eigenvalue weighted by Crippen LogP contribution is -2.34. The van der Waals surface area contributed by atoms with Crippen molar-refractivity contribution in [3.8, 4) is 0 Å². The number of carbonyl (C=O) groups excluding carboxylic acids is 3. The molecule has 2 N–H and O–H groups in total. The van der Waals surface area contributed by atoms with E-state index in [0.29, 0.717) is 16.6 Å². The van der Waals surface area contributed by atoms with Crippen LogP contribution in [0, 0.1) is 0 Å². The molecule has 2 aromatic carbocycles. The first-order chi connectivity index (χ1) is 12.1. The molecule has 1 amide bonds. The zero-order chi connectivity index (χ0) is 17.6. The first-order valence-electron chi connectivity index (χ1n) is 7.70. The Morgan fingerprint density at radius 3 is 2.40 bits per heavy atom. The van der Waals surface area contributed by atoms with Gasteiger partial charge in [-0.25, -0.2) is 4.98 Å². The summed E-state index contributed by atoms with van der Waals surface area (Å²) in [6, 6.07) is 14.7. The fraction of sp³-hybridized carbons (Fsp3) is 0.0526. The van der Waals surface area contributed by atoms with Crippen LogP contribution < -0.4 is 5.73 Å². The monoisotopic (exact) mass is 331 g/mol. The third kappa shape index (κ3) is 2.27. The van der Waals surface area contributed by atoms with Gasteiger partial charge < -0.3 is 10.3 Å². The number of rotatable bonds is 3. The van der Waals surface area contributed by atoms with E-state index in [1.165, 1.54) is 4.57 Å². The van der Waals surface area contributed by atoms with Crippen molar-refractivity contribution in [1.82, 2.24) is 9.55 Å². The fourth-order valence-electron chi connectivity index (χ4n) is 3.13. The summed E-state index contributed by atoms with van der Waals surface area (Å²) in [5.41, 5.74) is 7.04. The first kappa shape index (κ1) is 15.0. The van der Waals surface area contributed by atoms with Gasteiger partial charge in [-0.2, -0.15) is 0 Å². The van der Waals surface area contributed by atoms with Gasteiger partial charge in [-0.05, 0) is 12.1 Å². The summed E-state index contributed by atoms with van der Waals surface area (Å²) in [7, 11) is 0. The molecule has 1 aliphatic heterocycles. The van der Waals surface area contributed by atoms with Crippen molar-refractivity contribution in [2.24, 2.45) is 5.73 Å². The number of nitrogens with two attached hydrogens (primary N) is 1. The molecular formula is C19H13N3O3. The van der Waals surface area contributed by atoms with E-state index in [-0.39, 0.29) is 17.2 Å². The molecule has 4 rings (SSSR count). The van der Waals surface area contributed by atoms with Gasteiger partial charge >= 0.3 is 0 Å². The largest absolute Gasteiger partial charge is 0.366 e. The lowest BCUT2D eigenvalue weighted by molar-refractivity contribution is -0.115. The van der Waals surface area contributed by atoms with Crippen LogP contribution in [0.3, 0.4) is 0 Å². The maximum absolute atomic E-state index is 13.1. The molecule has 1 atom stereocenters. The van der Waals surface area contributed by atoms with Gasteiger partial charge in [-0.3, -0.25) is 14.4 Å². The van der Waals surface area contributed by atoms with Crippen molar-refractivity contribution in [3.63, 3.8) is 0 Å². The molecule has 2 heterocycles. The highest BCUT2D eigenvalue weighted by Gasteiger charge is 2.37. The Kier molecular flexibility index (Phi) is 3.32. The van der Waals surface area contributed by atoms with Crippen LogP contribution in [0.1, 0.15) is 27.0 Å². The molecule has 0 bridgehead atoms. The number of fused-ring (bicyclic) bond motifs is 3. The Balaban J connectivity index is 1.99. The number of para-hydroxylation sites is 2. The third-order valence-electron chi connectivity index (χ3n) is 4.25. The van der Waals surface area contributed by atoms with E-state index in [1.807, 2.05) is 0 Å². The number of benzene rings is 2. The Hall–Kier alpha value is -3.54. The van der Waals surface area contributed by atoms with Crippen LogP contribution in [0.5, 0.6) is 0 Å². The number of imidazole rings is 1. The molecule has 1 unspecified atom stereocenters. The number of Topliss-reactive ketones (excluding diaryl/α,β-unsaturated/α-hetero) is 1. The van der Waals surface area contributed by atoms with Crippen molar-refractivity contribution in [3.05, 3.63) is 77.6 Å². The number of hydrogen-bond acceptors (Lipinski definition) is 4. The SMILES string of the molecule is NC(=O)C1=CC(=O)c2nc3ccccc3n2C1C(=O)c1ccccc1. The molecule has 6 heteroatoms. The minimum absolute atomic E-state index is 0.0329. The summed E-state index contributed by atoms with van der Waals surface area (Å²) < 4.78 is 1.51. The van der Waals surface area contributed by atoms with E-state index in [4.69, 9.17) is 5.73 Å². The minimum atomic E-state index is -1.01. The van der Waals surface area contributed by atoms with Crippen LogP contribution in [0.25, 0.3) is 11.0 Å². The molecule has 25 heavy (non-hydrogen) atoms. The Labute approximate surface area is 142 Å². The lowest BCUT2D eigenvalue weighted by atomic mass is 9.93. The highest BCUT2D eigenvalue weighted by molar-refractivity contribution is 6.16. The quantitative estimate of drug-likeness (QED) is 0.743. The molecule has 6 nitrogen and oxygen atoms in total. The summed E-state index contributed by atoms with van der Waals surface area (Å²) in [5.74, 6) is -1.43. The van der Waals surface area contributed by atoms with E-state index in [1.54, 1.807) is 54.6 Å². The van der Waals surface area contributed by atoms with Gasteiger partial charge in [0.25, 0.3) is 0 Å². The molecule has 0 spiro atoms. The standard InChI is InChI=1S/C19H13N3O3/c20-18(25)12-10-15(23)19-21-13-8-4-5-9-14(13)22(19)16(12)17(24)11-6-2-1-3-7-11/h1-10,16H,(H2,20,25). The predicted molar refractivity (Wildman–Crippen MR) is 91.2 cm³/mol. The van der Waals surface area contributed by atoms with Gasteiger partial charge in [0.2, 0.25) is 11.7 Å². The van der Waals surface area contributed by atoms with E-state index in [2.05, 4.69) is 4.98 Å². The van der Waals surface area contributed by atoms with Crippen LogP contribution in [0.4, 0.5) is 0 Å². The van der Waals surface area contributed by atoms with Crippen LogP contribution >= 0.6 is 0 Å². The molecule has 3 aromatic rings. The van der Waals surface area contributed by atoms with E-state index in [9.17, 15) is 14.4 Å². The second-order valence-corrected chi connectivity index (χ2v) is 5.76. The molecule has 0 fully saturated rings. The van der Waals surface area contributed by atoms with Crippen molar-refractivity contribution in [2.45, 2.75) is 6.04 Å². The second kappa shape index (κ2) is 5.52. The van der Waals surface area contributed by atoms with Gasteiger partial charge in [0.05, 0.1) is 16.6 Å². The average Bonchev–Trinajstić information content (AvgIpc) is 3.02. The summed E-state index contributed by atoms with van der Waals surface area (Å²) >= 11 is 0. The number of allylic oxidation sites excluding steroid dienone is 1. The molecule has 1 aromatic heterocycles. The zero-order valence-corrected chi connectivity index (χ0v) is 13.0. The highest BCUT2D eigenvalue weighted by atomic mass is 16.2. The number of aromatic nitrogens is 2. The van der Waals surface area contributed by atoms with Gasteiger partial charge in [-0.15, -0.1) is 0 Å². The zero-order valence-electron chi connectivity index (χ0n) is 13.0. The van der Waals surface area contributed by atoms with E-state index >= 15 is 0 Å². The maximum Gasteiger partial charge on any atom is 0.247 e. The summed E-state index contributed by atoms with van der Waals surface area (Å²) in [6.45, 7) is 0. The number of amides is 1. The van der Waals surface area contributed by atoms with Crippen molar-refractivity contribution in [2.75, 3.05) is 0 Å². The van der Waals surface area contributed by atoms with Crippen LogP contribution in [-0.4, -0.2) is 27.0 Å². The first-order valence-corrected chi connectivity index (χ1v) is 7.70. The molecule has 122 valence electrons.